The number of hydrogen-bond donors (Lipinski definition) is 1. The van der Waals surface area contributed by atoms with E-state index < -0.39 is 17.5 Å². The van der Waals surface area contributed by atoms with Gasteiger partial charge in [0, 0.05) is 22.7 Å². The summed E-state index contributed by atoms with van der Waals surface area (Å²) in [6.45, 7) is 1.76. The lowest BCUT2D eigenvalue weighted by molar-refractivity contribution is 0.102. The molecular weight excluding hydrogens is 394 g/mol. The number of hydrogen-bond acceptors (Lipinski definition) is 2. The van der Waals surface area contributed by atoms with Gasteiger partial charge in [0.25, 0.3) is 5.91 Å². The number of carbonyl (C=O) groups is 1. The summed E-state index contributed by atoms with van der Waals surface area (Å²) >= 11 is 0. The highest BCUT2D eigenvalue weighted by atomic mass is 35.5. The maximum atomic E-state index is 13.5. The summed E-state index contributed by atoms with van der Waals surface area (Å²) in [5.74, 6) is -2.42. The Morgan fingerprint density at radius 2 is 1.59 bits per heavy atom. The van der Waals surface area contributed by atoms with Gasteiger partial charge in [-0.25, -0.2) is 8.78 Å². The van der Waals surface area contributed by atoms with Crippen molar-refractivity contribution in [2.24, 2.45) is 0 Å². The van der Waals surface area contributed by atoms with Gasteiger partial charge in [0.15, 0.2) is 11.6 Å². The SMILES string of the molecule is Cc1nc2ccccc2c(-c2ccccc2)c1C(=O)Nc1ccc(F)c(F)c1.Cl. The molecule has 0 aliphatic heterocycles. The first-order valence-electron chi connectivity index (χ1n) is 8.76. The molecule has 4 rings (SSSR count). The molecule has 29 heavy (non-hydrogen) atoms. The van der Waals surface area contributed by atoms with Crippen LogP contribution in [0.15, 0.2) is 72.8 Å². The van der Waals surface area contributed by atoms with Crippen molar-refractivity contribution in [3.05, 3.63) is 95.7 Å². The second-order valence-electron chi connectivity index (χ2n) is 6.41. The fourth-order valence-electron chi connectivity index (χ4n) is 3.28. The van der Waals surface area contributed by atoms with Gasteiger partial charge in [-0.3, -0.25) is 9.78 Å². The minimum absolute atomic E-state index is 0. The van der Waals surface area contributed by atoms with E-state index in [1.54, 1.807) is 6.92 Å². The van der Waals surface area contributed by atoms with E-state index in [1.807, 2.05) is 54.6 Å². The average Bonchev–Trinajstić information content (AvgIpc) is 2.70. The Morgan fingerprint density at radius 3 is 2.31 bits per heavy atom. The Morgan fingerprint density at radius 1 is 0.897 bits per heavy atom. The molecular formula is C23H17ClF2N2O. The quantitative estimate of drug-likeness (QED) is 0.439. The number of nitrogens with one attached hydrogen (secondary N) is 1. The first-order valence-corrected chi connectivity index (χ1v) is 8.76. The van der Waals surface area contributed by atoms with Crippen LogP contribution in [0.1, 0.15) is 16.1 Å². The molecule has 1 aromatic heterocycles. The van der Waals surface area contributed by atoms with E-state index in [1.165, 1.54) is 6.07 Å². The van der Waals surface area contributed by atoms with Crippen LogP contribution in [0.2, 0.25) is 0 Å². The summed E-state index contributed by atoms with van der Waals surface area (Å²) in [5, 5.41) is 3.50. The third kappa shape index (κ3) is 3.96. The number of aromatic nitrogens is 1. The van der Waals surface area contributed by atoms with Gasteiger partial charge in [-0.2, -0.15) is 0 Å². The number of anilines is 1. The normalized spacial score (nSPS) is 10.4. The zero-order valence-electron chi connectivity index (χ0n) is 15.4. The third-order valence-electron chi connectivity index (χ3n) is 4.54. The molecule has 0 atom stereocenters. The van der Waals surface area contributed by atoms with Crippen molar-refractivity contribution in [1.82, 2.24) is 4.98 Å². The number of halogens is 3. The molecule has 0 bridgehead atoms. The van der Waals surface area contributed by atoms with Crippen molar-refractivity contribution in [2.75, 3.05) is 5.32 Å². The number of amides is 1. The van der Waals surface area contributed by atoms with E-state index in [2.05, 4.69) is 10.3 Å². The molecule has 146 valence electrons. The Labute approximate surface area is 172 Å². The summed E-state index contributed by atoms with van der Waals surface area (Å²) < 4.78 is 26.7. The van der Waals surface area contributed by atoms with Crippen LogP contribution in [0.5, 0.6) is 0 Å². The number of fused-ring (bicyclic) bond motifs is 1. The smallest absolute Gasteiger partial charge is 0.258 e. The van der Waals surface area contributed by atoms with Crippen LogP contribution in [0.4, 0.5) is 14.5 Å². The number of benzene rings is 3. The Hall–Kier alpha value is -3.31. The monoisotopic (exact) mass is 410 g/mol. The number of para-hydroxylation sites is 1. The molecule has 0 saturated carbocycles. The van der Waals surface area contributed by atoms with Gasteiger partial charge in [-0.15, -0.1) is 12.4 Å². The fourth-order valence-corrected chi connectivity index (χ4v) is 3.28. The molecule has 1 N–H and O–H groups in total. The lowest BCUT2D eigenvalue weighted by Gasteiger charge is -2.16. The van der Waals surface area contributed by atoms with E-state index in [-0.39, 0.29) is 18.1 Å². The minimum Gasteiger partial charge on any atom is -0.322 e. The predicted molar refractivity (Wildman–Crippen MR) is 113 cm³/mol. The van der Waals surface area contributed by atoms with Gasteiger partial charge >= 0.3 is 0 Å². The van der Waals surface area contributed by atoms with Crippen molar-refractivity contribution in [3.8, 4) is 11.1 Å². The van der Waals surface area contributed by atoms with Crippen molar-refractivity contribution in [3.63, 3.8) is 0 Å². The average molecular weight is 411 g/mol. The Bertz CT molecular complexity index is 1200. The van der Waals surface area contributed by atoms with Crippen LogP contribution in [0.25, 0.3) is 22.0 Å². The summed E-state index contributed by atoms with van der Waals surface area (Å²) in [7, 11) is 0. The number of pyridine rings is 1. The van der Waals surface area contributed by atoms with E-state index in [0.717, 1.165) is 34.2 Å². The minimum atomic E-state index is -1.02. The number of carbonyl (C=O) groups excluding carboxylic acids is 1. The molecule has 1 amide bonds. The van der Waals surface area contributed by atoms with Gasteiger partial charge in [0.2, 0.25) is 0 Å². The molecule has 3 nitrogen and oxygen atoms in total. The predicted octanol–water partition coefficient (Wildman–Crippen LogP) is 6.16. The van der Waals surface area contributed by atoms with Crippen LogP contribution < -0.4 is 5.32 Å². The molecule has 0 aliphatic carbocycles. The molecule has 0 spiro atoms. The highest BCUT2D eigenvalue weighted by Crippen LogP contribution is 2.33. The third-order valence-corrected chi connectivity index (χ3v) is 4.54. The Balaban J connectivity index is 0.00000240. The van der Waals surface area contributed by atoms with Crippen molar-refractivity contribution in [2.45, 2.75) is 6.92 Å². The molecule has 0 aliphatic rings. The van der Waals surface area contributed by atoms with Crippen LogP contribution >= 0.6 is 12.4 Å². The topological polar surface area (TPSA) is 42.0 Å². The first kappa shape index (κ1) is 20.4. The van der Waals surface area contributed by atoms with E-state index in [4.69, 9.17) is 0 Å². The van der Waals surface area contributed by atoms with Gasteiger partial charge in [0.05, 0.1) is 16.8 Å². The van der Waals surface area contributed by atoms with Crippen LogP contribution in [-0.4, -0.2) is 10.9 Å². The van der Waals surface area contributed by atoms with Crippen LogP contribution in [0, 0.1) is 18.6 Å². The molecule has 3 aromatic carbocycles. The number of aryl methyl sites for hydroxylation is 1. The second-order valence-corrected chi connectivity index (χ2v) is 6.41. The summed E-state index contributed by atoms with van der Waals surface area (Å²) in [4.78, 5) is 17.7. The molecule has 0 fully saturated rings. The standard InChI is InChI=1S/C23H16F2N2O.ClH/c1-14-21(23(28)27-16-11-12-18(24)19(25)13-16)22(15-7-3-2-4-8-15)17-9-5-6-10-20(17)26-14;/h2-13H,1H3,(H,27,28);1H. The lowest BCUT2D eigenvalue weighted by Crippen LogP contribution is -2.16. The summed E-state index contributed by atoms with van der Waals surface area (Å²) in [6.07, 6.45) is 0. The molecule has 6 heteroatoms. The maximum Gasteiger partial charge on any atom is 0.258 e. The van der Waals surface area contributed by atoms with E-state index in [0.29, 0.717) is 11.3 Å². The van der Waals surface area contributed by atoms with Gasteiger partial charge in [-0.1, -0.05) is 48.5 Å². The zero-order valence-corrected chi connectivity index (χ0v) is 16.3. The molecule has 0 radical (unpaired) electrons. The van der Waals surface area contributed by atoms with Gasteiger partial charge in [-0.05, 0) is 30.7 Å². The van der Waals surface area contributed by atoms with Crippen molar-refractivity contribution < 1.29 is 13.6 Å². The number of rotatable bonds is 3. The van der Waals surface area contributed by atoms with E-state index >= 15 is 0 Å². The Kier molecular flexibility index (Phi) is 5.89. The highest BCUT2D eigenvalue weighted by Gasteiger charge is 2.20. The highest BCUT2D eigenvalue weighted by molar-refractivity contribution is 6.14. The number of nitrogens with zero attached hydrogens (tertiary/aromatic N) is 1. The molecule has 0 saturated heterocycles. The van der Waals surface area contributed by atoms with Gasteiger partial charge < -0.3 is 5.32 Å². The van der Waals surface area contributed by atoms with Gasteiger partial charge in [0.1, 0.15) is 0 Å². The first-order chi connectivity index (χ1) is 13.5. The van der Waals surface area contributed by atoms with Crippen LogP contribution in [0.3, 0.4) is 0 Å². The largest absolute Gasteiger partial charge is 0.322 e. The molecule has 1 heterocycles. The lowest BCUT2D eigenvalue weighted by atomic mass is 9.94. The maximum absolute atomic E-state index is 13.5. The second kappa shape index (κ2) is 8.37. The van der Waals surface area contributed by atoms with Crippen molar-refractivity contribution in [1.29, 1.82) is 0 Å². The fraction of sp³-hybridized carbons (Fsp3) is 0.0435. The summed E-state index contributed by atoms with van der Waals surface area (Å²) in [5.41, 5.74) is 3.54. The van der Waals surface area contributed by atoms with Crippen molar-refractivity contribution >= 4 is 34.9 Å². The van der Waals surface area contributed by atoms with E-state index in [9.17, 15) is 13.6 Å². The molecule has 0 unspecified atom stereocenters. The summed E-state index contributed by atoms with van der Waals surface area (Å²) in [6, 6.07) is 20.4. The zero-order chi connectivity index (χ0) is 19.7. The van der Waals surface area contributed by atoms with Crippen LogP contribution in [-0.2, 0) is 0 Å². The molecule has 4 aromatic rings.